The number of rotatable bonds is 2. The number of aryl methyl sites for hydroxylation is 1. The summed E-state index contributed by atoms with van der Waals surface area (Å²) in [6, 6.07) is 5.93. The van der Waals surface area contributed by atoms with Crippen LogP contribution in [-0.2, 0) is 7.05 Å². The summed E-state index contributed by atoms with van der Waals surface area (Å²) in [7, 11) is 1.88. The van der Waals surface area contributed by atoms with Crippen LogP contribution in [0.4, 0.5) is 4.39 Å². The van der Waals surface area contributed by atoms with Crippen molar-refractivity contribution < 1.29 is 4.39 Å². The molecule has 4 heteroatoms. The van der Waals surface area contributed by atoms with Gasteiger partial charge >= 0.3 is 0 Å². The predicted octanol–water partition coefficient (Wildman–Crippen LogP) is 1.61. The van der Waals surface area contributed by atoms with Gasteiger partial charge in [0.2, 0.25) is 0 Å². The van der Waals surface area contributed by atoms with Gasteiger partial charge in [-0.25, -0.2) is 9.37 Å². The van der Waals surface area contributed by atoms with E-state index in [0.29, 0.717) is 0 Å². The van der Waals surface area contributed by atoms with Crippen molar-refractivity contribution in [2.45, 2.75) is 6.04 Å². The van der Waals surface area contributed by atoms with Gasteiger partial charge in [-0.2, -0.15) is 0 Å². The molecule has 0 aliphatic heterocycles. The Bertz CT molecular complexity index is 447. The summed E-state index contributed by atoms with van der Waals surface area (Å²) in [4.78, 5) is 3.99. The summed E-state index contributed by atoms with van der Waals surface area (Å²) in [5, 5.41) is 0. The SMILES string of the molecule is Cn1cncc1C(N)c1ccc(F)cc1. The zero-order valence-corrected chi connectivity index (χ0v) is 8.39. The molecule has 0 bridgehead atoms. The largest absolute Gasteiger partial charge is 0.336 e. The van der Waals surface area contributed by atoms with Crippen LogP contribution in [0.5, 0.6) is 0 Å². The molecule has 0 spiro atoms. The highest BCUT2D eigenvalue weighted by Gasteiger charge is 2.11. The Hall–Kier alpha value is -1.68. The molecule has 1 unspecified atom stereocenters. The lowest BCUT2D eigenvalue weighted by Crippen LogP contribution is -2.15. The molecular weight excluding hydrogens is 193 g/mol. The molecule has 0 fully saturated rings. The van der Waals surface area contributed by atoms with E-state index in [0.717, 1.165) is 11.3 Å². The van der Waals surface area contributed by atoms with E-state index in [1.54, 1.807) is 24.7 Å². The molecular formula is C11H12FN3. The molecule has 1 heterocycles. The third-order valence-electron chi connectivity index (χ3n) is 2.40. The second kappa shape index (κ2) is 3.82. The van der Waals surface area contributed by atoms with E-state index >= 15 is 0 Å². The van der Waals surface area contributed by atoms with Crippen LogP contribution in [-0.4, -0.2) is 9.55 Å². The zero-order chi connectivity index (χ0) is 10.8. The molecule has 1 aromatic heterocycles. The molecule has 0 radical (unpaired) electrons. The minimum absolute atomic E-state index is 0.254. The fraction of sp³-hybridized carbons (Fsp3) is 0.182. The van der Waals surface area contributed by atoms with Crippen molar-refractivity contribution in [2.24, 2.45) is 12.8 Å². The molecule has 0 aliphatic rings. The van der Waals surface area contributed by atoms with Gasteiger partial charge in [0.1, 0.15) is 5.82 Å². The van der Waals surface area contributed by atoms with Gasteiger partial charge < -0.3 is 10.3 Å². The Morgan fingerprint density at radius 1 is 1.33 bits per heavy atom. The summed E-state index contributed by atoms with van der Waals surface area (Å²) in [5.41, 5.74) is 7.81. The van der Waals surface area contributed by atoms with Crippen molar-refractivity contribution in [3.05, 3.63) is 53.9 Å². The van der Waals surface area contributed by atoms with Crippen LogP contribution in [0, 0.1) is 5.82 Å². The van der Waals surface area contributed by atoms with Crippen LogP contribution < -0.4 is 5.73 Å². The topological polar surface area (TPSA) is 43.8 Å². The number of halogens is 1. The maximum atomic E-state index is 12.7. The first-order valence-corrected chi connectivity index (χ1v) is 4.66. The second-order valence-corrected chi connectivity index (χ2v) is 3.46. The van der Waals surface area contributed by atoms with Gasteiger partial charge in [-0.1, -0.05) is 12.1 Å². The van der Waals surface area contributed by atoms with Gasteiger partial charge in [-0.3, -0.25) is 0 Å². The molecule has 2 rings (SSSR count). The molecule has 3 nitrogen and oxygen atoms in total. The molecule has 15 heavy (non-hydrogen) atoms. The highest BCUT2D eigenvalue weighted by molar-refractivity contribution is 5.26. The standard InChI is InChI=1S/C11H12FN3/c1-15-7-14-6-10(15)11(13)8-2-4-9(12)5-3-8/h2-7,11H,13H2,1H3. The minimum atomic E-state index is -0.266. The molecule has 0 amide bonds. The molecule has 1 atom stereocenters. The Kier molecular flexibility index (Phi) is 2.51. The Morgan fingerprint density at radius 3 is 2.53 bits per heavy atom. The van der Waals surface area contributed by atoms with Crippen LogP contribution in [0.2, 0.25) is 0 Å². The van der Waals surface area contributed by atoms with Gasteiger partial charge in [0, 0.05) is 7.05 Å². The molecule has 2 aromatic rings. The summed E-state index contributed by atoms with van der Waals surface area (Å²) in [6.45, 7) is 0. The Morgan fingerprint density at radius 2 is 2.00 bits per heavy atom. The third kappa shape index (κ3) is 1.89. The third-order valence-corrected chi connectivity index (χ3v) is 2.40. The van der Waals surface area contributed by atoms with Crippen LogP contribution in [0.3, 0.4) is 0 Å². The minimum Gasteiger partial charge on any atom is -0.336 e. The molecule has 2 N–H and O–H groups in total. The van der Waals surface area contributed by atoms with E-state index in [9.17, 15) is 4.39 Å². The zero-order valence-electron chi connectivity index (χ0n) is 8.39. The monoisotopic (exact) mass is 205 g/mol. The summed E-state index contributed by atoms with van der Waals surface area (Å²) >= 11 is 0. The summed E-state index contributed by atoms with van der Waals surface area (Å²) in [5.74, 6) is -0.254. The molecule has 1 aromatic carbocycles. The lowest BCUT2D eigenvalue weighted by molar-refractivity contribution is 0.625. The summed E-state index contributed by atoms with van der Waals surface area (Å²) < 4.78 is 14.6. The van der Waals surface area contributed by atoms with Crippen LogP contribution in [0.25, 0.3) is 0 Å². The second-order valence-electron chi connectivity index (χ2n) is 3.46. The van der Waals surface area contributed by atoms with E-state index in [1.165, 1.54) is 12.1 Å². The predicted molar refractivity (Wildman–Crippen MR) is 55.6 cm³/mol. The van der Waals surface area contributed by atoms with Crippen molar-refractivity contribution >= 4 is 0 Å². The first kappa shape index (κ1) is 9.86. The fourth-order valence-electron chi connectivity index (χ4n) is 1.51. The highest BCUT2D eigenvalue weighted by Crippen LogP contribution is 2.18. The van der Waals surface area contributed by atoms with Crippen LogP contribution >= 0.6 is 0 Å². The maximum Gasteiger partial charge on any atom is 0.123 e. The van der Waals surface area contributed by atoms with Gasteiger partial charge in [0.05, 0.1) is 24.3 Å². The van der Waals surface area contributed by atoms with E-state index in [2.05, 4.69) is 4.98 Å². The van der Waals surface area contributed by atoms with Crippen molar-refractivity contribution in [1.29, 1.82) is 0 Å². The lowest BCUT2D eigenvalue weighted by atomic mass is 10.1. The normalized spacial score (nSPS) is 12.7. The van der Waals surface area contributed by atoms with Crippen molar-refractivity contribution in [3.63, 3.8) is 0 Å². The van der Waals surface area contributed by atoms with Crippen LogP contribution in [0.1, 0.15) is 17.3 Å². The average molecular weight is 205 g/mol. The van der Waals surface area contributed by atoms with E-state index in [1.807, 2.05) is 11.6 Å². The molecule has 0 saturated heterocycles. The fourth-order valence-corrected chi connectivity index (χ4v) is 1.51. The number of nitrogens with zero attached hydrogens (tertiary/aromatic N) is 2. The van der Waals surface area contributed by atoms with Crippen molar-refractivity contribution in [2.75, 3.05) is 0 Å². The number of benzene rings is 1. The highest BCUT2D eigenvalue weighted by atomic mass is 19.1. The lowest BCUT2D eigenvalue weighted by Gasteiger charge is -2.12. The number of hydrogen-bond acceptors (Lipinski definition) is 2. The van der Waals surface area contributed by atoms with Gasteiger partial charge in [-0.05, 0) is 17.7 Å². The smallest absolute Gasteiger partial charge is 0.123 e. The maximum absolute atomic E-state index is 12.7. The van der Waals surface area contributed by atoms with Crippen LogP contribution in [0.15, 0.2) is 36.8 Å². The quantitative estimate of drug-likeness (QED) is 0.809. The molecule has 0 aliphatic carbocycles. The molecule has 78 valence electrons. The van der Waals surface area contributed by atoms with E-state index in [4.69, 9.17) is 5.73 Å². The van der Waals surface area contributed by atoms with E-state index in [-0.39, 0.29) is 11.9 Å². The van der Waals surface area contributed by atoms with Crippen molar-refractivity contribution in [3.8, 4) is 0 Å². The van der Waals surface area contributed by atoms with Gasteiger partial charge in [0.25, 0.3) is 0 Å². The number of aromatic nitrogens is 2. The van der Waals surface area contributed by atoms with Gasteiger partial charge in [0.15, 0.2) is 0 Å². The summed E-state index contributed by atoms with van der Waals surface area (Å²) in [6.07, 6.45) is 3.41. The first-order chi connectivity index (χ1) is 7.18. The number of hydrogen-bond donors (Lipinski definition) is 1. The number of imidazole rings is 1. The number of nitrogens with two attached hydrogens (primary N) is 1. The van der Waals surface area contributed by atoms with E-state index < -0.39 is 0 Å². The first-order valence-electron chi connectivity index (χ1n) is 4.66. The van der Waals surface area contributed by atoms with Crippen molar-refractivity contribution in [1.82, 2.24) is 9.55 Å². The van der Waals surface area contributed by atoms with Gasteiger partial charge in [-0.15, -0.1) is 0 Å². The average Bonchev–Trinajstić information content (AvgIpc) is 2.65. The Balaban J connectivity index is 2.32. The molecule has 0 saturated carbocycles. The Labute approximate surface area is 87.4 Å².